The third-order valence-electron chi connectivity index (χ3n) is 2.83. The normalized spacial score (nSPS) is 10.1. The van der Waals surface area contributed by atoms with Crippen LogP contribution in [0.5, 0.6) is 0 Å². The van der Waals surface area contributed by atoms with Gasteiger partial charge >= 0.3 is 12.0 Å². The van der Waals surface area contributed by atoms with Gasteiger partial charge in [-0.15, -0.1) is 0 Å². The minimum absolute atomic E-state index is 0.0723. The van der Waals surface area contributed by atoms with Crippen LogP contribution in [0, 0.1) is 13.8 Å². The van der Waals surface area contributed by atoms with Gasteiger partial charge in [0.05, 0.1) is 0 Å². The minimum atomic E-state index is -0.845. The first-order valence-corrected chi connectivity index (χ1v) is 6.78. The van der Waals surface area contributed by atoms with E-state index in [2.05, 4.69) is 42.7 Å². The highest BCUT2D eigenvalue weighted by Crippen LogP contribution is 2.08. The highest BCUT2D eigenvalue weighted by Gasteiger charge is 2.01. The Morgan fingerprint density at radius 3 is 2.25 bits per heavy atom. The fourth-order valence-corrected chi connectivity index (χ4v) is 2.04. The summed E-state index contributed by atoms with van der Waals surface area (Å²) in [6.07, 6.45) is 1.30. The molecule has 20 heavy (non-hydrogen) atoms. The van der Waals surface area contributed by atoms with Crippen LogP contribution in [0.15, 0.2) is 18.2 Å². The number of aryl methyl sites for hydroxylation is 2. The lowest BCUT2D eigenvalue weighted by Crippen LogP contribution is -2.37. The summed E-state index contributed by atoms with van der Waals surface area (Å²) in [7, 11) is 0. The van der Waals surface area contributed by atoms with Crippen LogP contribution in [0.1, 0.15) is 29.5 Å². The van der Waals surface area contributed by atoms with Crippen LogP contribution in [0.3, 0.4) is 0 Å². The molecule has 2 amide bonds. The molecule has 1 aromatic rings. The van der Waals surface area contributed by atoms with Crippen molar-refractivity contribution in [1.29, 1.82) is 0 Å². The maximum atomic E-state index is 11.4. The number of hydrogen-bond donors (Lipinski definition) is 3. The molecule has 0 aliphatic heterocycles. The first-order chi connectivity index (χ1) is 9.47. The van der Waals surface area contributed by atoms with Gasteiger partial charge in [0.25, 0.3) is 0 Å². The van der Waals surface area contributed by atoms with Crippen molar-refractivity contribution in [2.75, 3.05) is 13.1 Å². The van der Waals surface area contributed by atoms with Gasteiger partial charge in [-0.25, -0.2) is 4.79 Å². The third-order valence-corrected chi connectivity index (χ3v) is 2.83. The van der Waals surface area contributed by atoms with Gasteiger partial charge in [0.1, 0.15) is 0 Å². The summed E-state index contributed by atoms with van der Waals surface area (Å²) in [5.41, 5.74) is 3.64. The molecule has 0 unspecified atom stereocenters. The number of amides is 2. The van der Waals surface area contributed by atoms with E-state index in [-0.39, 0.29) is 12.5 Å². The number of benzene rings is 1. The van der Waals surface area contributed by atoms with Crippen molar-refractivity contribution in [3.05, 3.63) is 34.9 Å². The Labute approximate surface area is 119 Å². The first kappa shape index (κ1) is 16.0. The molecule has 110 valence electrons. The number of carbonyl (C=O) groups is 2. The van der Waals surface area contributed by atoms with Crippen molar-refractivity contribution in [3.63, 3.8) is 0 Å². The average molecular weight is 278 g/mol. The molecule has 5 heteroatoms. The maximum absolute atomic E-state index is 11.4. The number of hydrogen-bond acceptors (Lipinski definition) is 2. The molecule has 1 aromatic carbocycles. The SMILES string of the molecule is Cc1cc(C)cc(CCNC(=O)NCCCC(=O)O)c1. The number of rotatable bonds is 7. The lowest BCUT2D eigenvalue weighted by atomic mass is 10.1. The van der Waals surface area contributed by atoms with Crippen LogP contribution >= 0.6 is 0 Å². The van der Waals surface area contributed by atoms with Gasteiger partial charge in [-0.1, -0.05) is 29.3 Å². The molecule has 1 rings (SSSR count). The van der Waals surface area contributed by atoms with Gasteiger partial charge in [0, 0.05) is 19.5 Å². The van der Waals surface area contributed by atoms with Gasteiger partial charge < -0.3 is 15.7 Å². The molecule has 0 saturated heterocycles. The molecular formula is C15H22N2O3. The van der Waals surface area contributed by atoms with E-state index in [1.807, 2.05) is 0 Å². The van der Waals surface area contributed by atoms with E-state index in [1.54, 1.807) is 0 Å². The molecular weight excluding hydrogens is 256 g/mol. The lowest BCUT2D eigenvalue weighted by Gasteiger charge is -2.08. The summed E-state index contributed by atoms with van der Waals surface area (Å²) in [4.78, 5) is 21.7. The fraction of sp³-hybridized carbons (Fsp3) is 0.467. The zero-order chi connectivity index (χ0) is 15.0. The topological polar surface area (TPSA) is 78.4 Å². The quantitative estimate of drug-likeness (QED) is 0.668. The Balaban J connectivity index is 2.19. The van der Waals surface area contributed by atoms with Crippen LogP contribution in [-0.2, 0) is 11.2 Å². The minimum Gasteiger partial charge on any atom is -0.481 e. The van der Waals surface area contributed by atoms with Crippen LogP contribution < -0.4 is 10.6 Å². The summed E-state index contributed by atoms with van der Waals surface area (Å²) in [6, 6.07) is 6.09. The van der Waals surface area contributed by atoms with Crippen molar-refractivity contribution >= 4 is 12.0 Å². The summed E-state index contributed by atoms with van der Waals surface area (Å²) in [5.74, 6) is -0.845. The molecule has 0 radical (unpaired) electrons. The Morgan fingerprint density at radius 1 is 1.05 bits per heavy atom. The Morgan fingerprint density at radius 2 is 1.65 bits per heavy atom. The van der Waals surface area contributed by atoms with Crippen molar-refractivity contribution in [1.82, 2.24) is 10.6 Å². The Kier molecular flexibility index (Phi) is 6.56. The van der Waals surface area contributed by atoms with Crippen LogP contribution in [0.4, 0.5) is 4.79 Å². The molecule has 0 saturated carbocycles. The predicted octanol–water partition coefficient (Wildman–Crippen LogP) is 2.01. The van der Waals surface area contributed by atoms with Gasteiger partial charge in [0.2, 0.25) is 0 Å². The molecule has 5 nitrogen and oxygen atoms in total. The molecule has 0 aromatic heterocycles. The molecule has 0 aliphatic carbocycles. The van der Waals surface area contributed by atoms with Crippen LogP contribution in [0.2, 0.25) is 0 Å². The van der Waals surface area contributed by atoms with E-state index < -0.39 is 5.97 Å². The van der Waals surface area contributed by atoms with Gasteiger partial charge in [-0.05, 0) is 32.3 Å². The Bertz CT molecular complexity index is 452. The number of carbonyl (C=O) groups excluding carboxylic acids is 1. The van der Waals surface area contributed by atoms with Crippen molar-refractivity contribution in [3.8, 4) is 0 Å². The maximum Gasteiger partial charge on any atom is 0.314 e. The first-order valence-electron chi connectivity index (χ1n) is 6.78. The van der Waals surface area contributed by atoms with Crippen LogP contribution in [-0.4, -0.2) is 30.2 Å². The lowest BCUT2D eigenvalue weighted by molar-refractivity contribution is -0.137. The molecule has 0 aliphatic rings. The highest BCUT2D eigenvalue weighted by molar-refractivity contribution is 5.73. The summed E-state index contributed by atoms with van der Waals surface area (Å²) in [5, 5.41) is 13.9. The molecule has 3 N–H and O–H groups in total. The number of carboxylic acids is 1. The summed E-state index contributed by atoms with van der Waals surface area (Å²) in [6.45, 7) is 5.05. The number of carboxylic acid groups (broad SMARTS) is 1. The second kappa shape index (κ2) is 8.19. The predicted molar refractivity (Wildman–Crippen MR) is 77.9 cm³/mol. The highest BCUT2D eigenvalue weighted by atomic mass is 16.4. The molecule has 0 bridgehead atoms. The smallest absolute Gasteiger partial charge is 0.314 e. The summed E-state index contributed by atoms with van der Waals surface area (Å²) >= 11 is 0. The van der Waals surface area contributed by atoms with E-state index in [1.165, 1.54) is 16.7 Å². The largest absolute Gasteiger partial charge is 0.481 e. The molecule has 0 spiro atoms. The number of nitrogens with one attached hydrogen (secondary N) is 2. The van der Waals surface area contributed by atoms with Crippen molar-refractivity contribution in [2.24, 2.45) is 0 Å². The van der Waals surface area contributed by atoms with E-state index in [0.29, 0.717) is 19.5 Å². The van der Waals surface area contributed by atoms with E-state index in [9.17, 15) is 9.59 Å². The van der Waals surface area contributed by atoms with E-state index in [4.69, 9.17) is 5.11 Å². The number of urea groups is 1. The zero-order valence-corrected chi connectivity index (χ0v) is 12.0. The van der Waals surface area contributed by atoms with Crippen LogP contribution in [0.25, 0.3) is 0 Å². The van der Waals surface area contributed by atoms with Gasteiger partial charge in [-0.3, -0.25) is 4.79 Å². The zero-order valence-electron chi connectivity index (χ0n) is 12.0. The second-order valence-electron chi connectivity index (χ2n) is 4.93. The summed E-state index contributed by atoms with van der Waals surface area (Å²) < 4.78 is 0. The molecule has 0 atom stereocenters. The Hall–Kier alpha value is -2.04. The standard InChI is InChI=1S/C15H22N2O3/c1-11-8-12(2)10-13(9-11)5-7-17-15(20)16-6-3-4-14(18)19/h8-10H,3-7H2,1-2H3,(H,18,19)(H2,16,17,20). The number of aliphatic carboxylic acids is 1. The monoisotopic (exact) mass is 278 g/mol. The second-order valence-corrected chi connectivity index (χ2v) is 4.93. The van der Waals surface area contributed by atoms with Crippen molar-refractivity contribution < 1.29 is 14.7 Å². The average Bonchev–Trinajstić information content (AvgIpc) is 2.33. The third kappa shape index (κ3) is 6.78. The molecule has 0 heterocycles. The fourth-order valence-electron chi connectivity index (χ4n) is 2.04. The van der Waals surface area contributed by atoms with E-state index in [0.717, 1.165) is 6.42 Å². The van der Waals surface area contributed by atoms with Gasteiger partial charge in [0.15, 0.2) is 0 Å². The molecule has 0 fully saturated rings. The van der Waals surface area contributed by atoms with E-state index >= 15 is 0 Å². The van der Waals surface area contributed by atoms with Gasteiger partial charge in [-0.2, -0.15) is 0 Å². The van der Waals surface area contributed by atoms with Crippen molar-refractivity contribution in [2.45, 2.75) is 33.1 Å².